The summed E-state index contributed by atoms with van der Waals surface area (Å²) in [6.45, 7) is 2.53. The van der Waals surface area contributed by atoms with Crippen molar-refractivity contribution in [1.29, 1.82) is 0 Å². The third kappa shape index (κ3) is 2.95. The number of carbonyl (C=O) groups is 1. The quantitative estimate of drug-likeness (QED) is 0.649. The molecular weight excluding hydrogens is 368 g/mol. The first kappa shape index (κ1) is 18.7. The molecule has 0 saturated carbocycles. The average molecular weight is 390 g/mol. The van der Waals surface area contributed by atoms with E-state index >= 15 is 0 Å². The number of benzene rings is 2. The van der Waals surface area contributed by atoms with E-state index in [9.17, 15) is 14.4 Å². The van der Waals surface area contributed by atoms with Crippen LogP contribution in [0, 0.1) is 0 Å². The summed E-state index contributed by atoms with van der Waals surface area (Å²) in [6.07, 6.45) is 1.76. The molecule has 2 heterocycles. The summed E-state index contributed by atoms with van der Waals surface area (Å²) in [7, 11) is 0. The maximum Gasteiger partial charge on any atom is 0.279 e. The van der Waals surface area contributed by atoms with E-state index in [1.807, 2.05) is 37.3 Å². The van der Waals surface area contributed by atoms with Gasteiger partial charge in [0.2, 0.25) is 0 Å². The number of fused-ring (bicyclic) bond motifs is 2. The average Bonchev–Trinajstić information content (AvgIpc) is 3.06. The summed E-state index contributed by atoms with van der Waals surface area (Å²) in [5, 5.41) is 3.44. The van der Waals surface area contributed by atoms with Crippen molar-refractivity contribution in [1.82, 2.24) is 14.7 Å². The Hall–Kier alpha value is -3.61. The van der Waals surface area contributed by atoms with Crippen LogP contribution in [-0.2, 0) is 4.79 Å². The zero-order valence-electron chi connectivity index (χ0n) is 16.1. The third-order valence-electron chi connectivity index (χ3n) is 5.20. The van der Waals surface area contributed by atoms with Gasteiger partial charge < -0.3 is 11.1 Å². The second kappa shape index (κ2) is 7.43. The van der Waals surface area contributed by atoms with Crippen LogP contribution in [0.4, 0.5) is 0 Å². The van der Waals surface area contributed by atoms with Crippen molar-refractivity contribution in [2.75, 3.05) is 6.54 Å². The highest BCUT2D eigenvalue weighted by atomic mass is 16.2. The van der Waals surface area contributed by atoms with Crippen LogP contribution in [-0.4, -0.2) is 21.8 Å². The molecule has 7 heteroatoms. The molecule has 7 nitrogen and oxygen atoms in total. The van der Waals surface area contributed by atoms with E-state index in [2.05, 4.69) is 5.32 Å². The Morgan fingerprint density at radius 3 is 2.28 bits per heavy atom. The normalized spacial score (nSPS) is 15.6. The Labute approximate surface area is 167 Å². The first-order valence-corrected chi connectivity index (χ1v) is 9.66. The molecule has 3 aromatic rings. The fourth-order valence-electron chi connectivity index (χ4n) is 3.77. The molecule has 1 atom stereocenters. The van der Waals surface area contributed by atoms with Gasteiger partial charge in [-0.2, -0.15) is 4.68 Å². The maximum atomic E-state index is 13.3. The van der Waals surface area contributed by atoms with Crippen LogP contribution in [0.25, 0.3) is 16.6 Å². The van der Waals surface area contributed by atoms with Crippen molar-refractivity contribution < 1.29 is 4.79 Å². The Kier molecular flexibility index (Phi) is 4.80. The van der Waals surface area contributed by atoms with Crippen LogP contribution in [0.1, 0.15) is 31.4 Å². The van der Waals surface area contributed by atoms with Crippen LogP contribution in [0.5, 0.6) is 0 Å². The van der Waals surface area contributed by atoms with Gasteiger partial charge in [0.1, 0.15) is 11.9 Å². The molecule has 0 radical (unpaired) electrons. The fourth-order valence-corrected chi connectivity index (χ4v) is 3.77. The van der Waals surface area contributed by atoms with Gasteiger partial charge >= 0.3 is 0 Å². The molecule has 3 N–H and O–H groups in total. The fraction of sp³-hybridized carbons (Fsp3) is 0.227. The van der Waals surface area contributed by atoms with Gasteiger partial charge in [-0.15, -0.1) is 0 Å². The second-order valence-corrected chi connectivity index (χ2v) is 7.03. The Morgan fingerprint density at radius 1 is 1.00 bits per heavy atom. The monoisotopic (exact) mass is 390 g/mol. The molecule has 29 heavy (non-hydrogen) atoms. The number of aromatic nitrogens is 2. The summed E-state index contributed by atoms with van der Waals surface area (Å²) in [5.74, 6) is -0.385. The minimum absolute atomic E-state index is 0.0132. The minimum atomic E-state index is -0.775. The lowest BCUT2D eigenvalue weighted by atomic mass is 9.98. The largest absolute Gasteiger partial charge is 0.383 e. The zero-order valence-corrected chi connectivity index (χ0v) is 16.1. The zero-order chi connectivity index (χ0) is 20.5. The van der Waals surface area contributed by atoms with Crippen LogP contribution >= 0.6 is 0 Å². The van der Waals surface area contributed by atoms with Gasteiger partial charge in [0.05, 0.1) is 16.3 Å². The molecule has 0 bridgehead atoms. The van der Waals surface area contributed by atoms with E-state index in [0.717, 1.165) is 17.5 Å². The van der Waals surface area contributed by atoms with Gasteiger partial charge in [-0.3, -0.25) is 14.4 Å². The van der Waals surface area contributed by atoms with Gasteiger partial charge in [-0.25, -0.2) is 4.68 Å². The number of nitrogens with one attached hydrogen (secondary N) is 1. The standard InChI is InChI=1S/C22H22N4O3/c1-2-3-13-24-20(27)17-18(14-9-5-4-6-10-14)25-21(28)15-11-7-8-12-16(15)22(29)26(25)19(17)23/h4-12,18H,2-3,13,23H2,1H3,(H,24,27). The van der Waals surface area contributed by atoms with E-state index in [1.165, 1.54) is 4.68 Å². The summed E-state index contributed by atoms with van der Waals surface area (Å²) >= 11 is 0. The van der Waals surface area contributed by atoms with Crippen molar-refractivity contribution in [3.05, 3.63) is 86.4 Å². The summed E-state index contributed by atoms with van der Waals surface area (Å²) in [5.41, 5.74) is 6.44. The minimum Gasteiger partial charge on any atom is -0.383 e. The Morgan fingerprint density at radius 2 is 1.62 bits per heavy atom. The van der Waals surface area contributed by atoms with Crippen molar-refractivity contribution in [2.24, 2.45) is 5.73 Å². The van der Waals surface area contributed by atoms with E-state index in [0.29, 0.717) is 17.5 Å². The van der Waals surface area contributed by atoms with Crippen LogP contribution in [0.15, 0.2) is 69.8 Å². The van der Waals surface area contributed by atoms with Crippen molar-refractivity contribution in [3.8, 4) is 0 Å². The first-order chi connectivity index (χ1) is 14.1. The predicted octanol–water partition coefficient (Wildman–Crippen LogP) is 1.81. The molecule has 1 aliphatic rings. The van der Waals surface area contributed by atoms with E-state index < -0.39 is 11.6 Å². The molecule has 1 aromatic heterocycles. The van der Waals surface area contributed by atoms with E-state index in [1.54, 1.807) is 24.3 Å². The lowest BCUT2D eigenvalue weighted by molar-refractivity contribution is -0.117. The van der Waals surface area contributed by atoms with Crippen LogP contribution < -0.4 is 22.2 Å². The molecule has 2 aromatic carbocycles. The summed E-state index contributed by atoms with van der Waals surface area (Å²) in [4.78, 5) is 39.5. The van der Waals surface area contributed by atoms with Gasteiger partial charge in [-0.1, -0.05) is 55.8 Å². The predicted molar refractivity (Wildman–Crippen MR) is 112 cm³/mol. The number of unbranched alkanes of at least 4 members (excludes halogenated alkanes) is 1. The highest BCUT2D eigenvalue weighted by molar-refractivity contribution is 6.01. The molecule has 0 fully saturated rings. The molecule has 148 valence electrons. The number of carbonyl (C=O) groups excluding carboxylic acids is 1. The van der Waals surface area contributed by atoms with Crippen molar-refractivity contribution in [2.45, 2.75) is 25.8 Å². The molecule has 0 spiro atoms. The lowest BCUT2D eigenvalue weighted by Gasteiger charge is -2.18. The van der Waals surface area contributed by atoms with E-state index in [-0.39, 0.29) is 28.2 Å². The number of nitrogens with two attached hydrogens (primary N) is 1. The smallest absolute Gasteiger partial charge is 0.279 e. The molecular formula is C22H22N4O3. The third-order valence-corrected chi connectivity index (χ3v) is 5.20. The number of amides is 1. The highest BCUT2D eigenvalue weighted by Crippen LogP contribution is 2.32. The number of hydrogen-bond acceptors (Lipinski definition) is 4. The summed E-state index contributed by atoms with van der Waals surface area (Å²) in [6, 6.07) is 15.0. The molecule has 0 saturated heterocycles. The molecule has 1 unspecified atom stereocenters. The van der Waals surface area contributed by atoms with Gasteiger partial charge in [-0.05, 0) is 24.1 Å². The van der Waals surface area contributed by atoms with Crippen molar-refractivity contribution in [3.63, 3.8) is 0 Å². The molecule has 0 aliphatic carbocycles. The first-order valence-electron chi connectivity index (χ1n) is 9.66. The Balaban J connectivity index is 1.99. The number of hydrogen-bond donors (Lipinski definition) is 2. The van der Waals surface area contributed by atoms with Gasteiger partial charge in [0, 0.05) is 6.54 Å². The molecule has 4 rings (SSSR count). The van der Waals surface area contributed by atoms with Crippen molar-refractivity contribution >= 4 is 22.5 Å². The molecule has 1 aliphatic heterocycles. The second-order valence-electron chi connectivity index (χ2n) is 7.03. The topological polar surface area (TPSA) is 99.1 Å². The lowest BCUT2D eigenvalue weighted by Crippen LogP contribution is -2.38. The van der Waals surface area contributed by atoms with Crippen LogP contribution in [0.2, 0.25) is 0 Å². The van der Waals surface area contributed by atoms with Gasteiger partial charge in [0.15, 0.2) is 0 Å². The van der Waals surface area contributed by atoms with Crippen LogP contribution in [0.3, 0.4) is 0 Å². The van der Waals surface area contributed by atoms with Gasteiger partial charge in [0.25, 0.3) is 17.0 Å². The van der Waals surface area contributed by atoms with E-state index in [4.69, 9.17) is 5.73 Å². The number of rotatable bonds is 5. The highest BCUT2D eigenvalue weighted by Gasteiger charge is 2.37. The maximum absolute atomic E-state index is 13.3. The summed E-state index contributed by atoms with van der Waals surface area (Å²) < 4.78 is 2.43. The number of nitrogens with zero attached hydrogens (tertiary/aromatic N) is 2. The Bertz CT molecular complexity index is 1240. The SMILES string of the molecule is CCCCNC(=O)C1=C(N)n2c(=O)c3ccccc3c(=O)n2C1c1ccccc1. The molecule has 1 amide bonds.